The Kier molecular flexibility index (Phi) is 7.68. The maximum atomic E-state index is 13.8. The van der Waals surface area contributed by atoms with Crippen LogP contribution in [-0.4, -0.2) is 84.4 Å². The first-order valence-electron chi connectivity index (χ1n) is 13.4. The Hall–Kier alpha value is -2.19. The smallest absolute Gasteiger partial charge is 0.410 e. The lowest BCUT2D eigenvalue weighted by Crippen LogP contribution is -2.62. The monoisotopic (exact) mass is 500 g/mol. The first-order valence-corrected chi connectivity index (χ1v) is 13.4. The zero-order valence-electron chi connectivity index (χ0n) is 23.2. The third-order valence-corrected chi connectivity index (χ3v) is 7.83. The van der Waals surface area contributed by atoms with Crippen LogP contribution < -0.4 is 4.90 Å². The molecule has 2 fully saturated rings. The number of aromatic nitrogens is 1. The fourth-order valence-electron chi connectivity index (χ4n) is 5.93. The first-order chi connectivity index (χ1) is 16.9. The Balaban J connectivity index is 1.50. The van der Waals surface area contributed by atoms with E-state index >= 15 is 0 Å². The highest BCUT2D eigenvalue weighted by atomic mass is 16.6. The summed E-state index contributed by atoms with van der Waals surface area (Å²) in [6.07, 6.45) is 6.57. The number of methoxy groups -OCH3 is 1. The van der Waals surface area contributed by atoms with E-state index < -0.39 is 5.60 Å². The second kappa shape index (κ2) is 10.3. The molecule has 200 valence electrons. The summed E-state index contributed by atoms with van der Waals surface area (Å²) in [6.45, 7) is 14.4. The van der Waals surface area contributed by atoms with Crippen molar-refractivity contribution < 1.29 is 19.1 Å². The summed E-state index contributed by atoms with van der Waals surface area (Å²) in [7, 11) is 1.66. The van der Waals surface area contributed by atoms with Crippen LogP contribution in [0.2, 0.25) is 0 Å². The molecule has 36 heavy (non-hydrogen) atoms. The molecule has 1 saturated carbocycles. The zero-order valence-corrected chi connectivity index (χ0v) is 23.2. The molecule has 3 aliphatic rings. The number of anilines is 1. The van der Waals surface area contributed by atoms with Crippen LogP contribution in [0.3, 0.4) is 0 Å². The van der Waals surface area contributed by atoms with Gasteiger partial charge in [-0.2, -0.15) is 0 Å². The molecular formula is C28H44N4O4. The summed E-state index contributed by atoms with van der Waals surface area (Å²) in [5.74, 6) is 0.591. The number of amides is 2. The summed E-state index contributed by atoms with van der Waals surface area (Å²) < 4.78 is 11.1. The third kappa shape index (κ3) is 5.70. The Morgan fingerprint density at radius 3 is 2.50 bits per heavy atom. The largest absolute Gasteiger partial charge is 0.444 e. The van der Waals surface area contributed by atoms with Gasteiger partial charge in [-0.05, 0) is 46.6 Å². The Morgan fingerprint density at radius 1 is 1.17 bits per heavy atom. The number of pyridine rings is 1. The van der Waals surface area contributed by atoms with Gasteiger partial charge >= 0.3 is 6.09 Å². The molecule has 0 bridgehead atoms. The molecule has 2 aliphatic heterocycles. The van der Waals surface area contributed by atoms with Gasteiger partial charge in [-0.15, -0.1) is 0 Å². The fraction of sp³-hybridized carbons (Fsp3) is 0.750. The standard InChI is InChI=1S/C28H44N4O4/c1-19-14-30(21(17-35-7)15-31(19)26(34)36-27(2,3)4)16-25(33)32-18-28(5,6)22-13-29-23(12-24(22)32)20-10-8-9-11-20/h12-13,19-21H,8-11,14-18H2,1-7H3/t19-,21-/m1/s1. The molecule has 8 nitrogen and oxygen atoms in total. The van der Waals surface area contributed by atoms with Crippen molar-refractivity contribution >= 4 is 17.7 Å². The predicted octanol–water partition coefficient (Wildman–Crippen LogP) is 4.32. The Bertz CT molecular complexity index is 967. The summed E-state index contributed by atoms with van der Waals surface area (Å²) in [5, 5.41) is 0. The minimum Gasteiger partial charge on any atom is -0.444 e. The van der Waals surface area contributed by atoms with Crippen LogP contribution in [0.1, 0.15) is 84.4 Å². The molecule has 1 aromatic heterocycles. The lowest BCUT2D eigenvalue weighted by molar-refractivity contribution is -0.121. The van der Waals surface area contributed by atoms with Gasteiger partial charge in [-0.25, -0.2) is 4.79 Å². The van der Waals surface area contributed by atoms with Crippen LogP contribution in [0.4, 0.5) is 10.5 Å². The number of carbonyl (C=O) groups is 2. The van der Waals surface area contributed by atoms with Gasteiger partial charge in [0.2, 0.25) is 5.91 Å². The maximum Gasteiger partial charge on any atom is 0.410 e. The molecule has 2 atom stereocenters. The second-order valence-corrected chi connectivity index (χ2v) is 12.5. The molecule has 8 heteroatoms. The van der Waals surface area contributed by atoms with Crippen LogP contribution in [0.15, 0.2) is 12.3 Å². The molecule has 0 N–H and O–H groups in total. The third-order valence-electron chi connectivity index (χ3n) is 7.83. The minimum atomic E-state index is -0.553. The molecular weight excluding hydrogens is 456 g/mol. The average molecular weight is 501 g/mol. The molecule has 0 aromatic carbocycles. The highest BCUT2D eigenvalue weighted by Gasteiger charge is 2.42. The van der Waals surface area contributed by atoms with Crippen molar-refractivity contribution in [1.82, 2.24) is 14.8 Å². The molecule has 1 saturated heterocycles. The van der Waals surface area contributed by atoms with Gasteiger partial charge in [0, 0.05) is 61.6 Å². The fourth-order valence-corrected chi connectivity index (χ4v) is 5.93. The normalized spacial score (nSPS) is 24.8. The van der Waals surface area contributed by atoms with Crippen molar-refractivity contribution in [3.05, 3.63) is 23.5 Å². The number of rotatable bonds is 5. The van der Waals surface area contributed by atoms with Crippen molar-refractivity contribution in [2.45, 2.75) is 96.2 Å². The number of fused-ring (bicyclic) bond motifs is 1. The summed E-state index contributed by atoms with van der Waals surface area (Å²) in [4.78, 5) is 37.3. The number of hydrogen-bond acceptors (Lipinski definition) is 6. The van der Waals surface area contributed by atoms with Gasteiger partial charge in [0.1, 0.15) is 5.60 Å². The predicted molar refractivity (Wildman–Crippen MR) is 140 cm³/mol. The summed E-state index contributed by atoms with van der Waals surface area (Å²) in [6, 6.07) is 2.03. The van der Waals surface area contributed by atoms with Gasteiger partial charge in [0.25, 0.3) is 0 Å². The molecule has 2 amide bonds. The van der Waals surface area contributed by atoms with E-state index in [1.807, 2.05) is 38.8 Å². The molecule has 0 radical (unpaired) electrons. The number of hydrogen-bond donors (Lipinski definition) is 0. The van der Waals surface area contributed by atoms with Crippen molar-refractivity contribution in [3.8, 4) is 0 Å². The summed E-state index contributed by atoms with van der Waals surface area (Å²) in [5.41, 5.74) is 2.60. The molecule has 4 rings (SSSR count). The van der Waals surface area contributed by atoms with E-state index in [1.165, 1.54) is 25.7 Å². The molecule has 1 aromatic rings. The highest BCUT2D eigenvalue weighted by Crippen LogP contribution is 2.43. The van der Waals surface area contributed by atoms with Crippen LogP contribution in [-0.2, 0) is 19.7 Å². The minimum absolute atomic E-state index is 0.0683. The van der Waals surface area contributed by atoms with Crippen molar-refractivity contribution in [2.24, 2.45) is 0 Å². The van der Waals surface area contributed by atoms with Crippen LogP contribution >= 0.6 is 0 Å². The number of ether oxygens (including phenoxy) is 2. The van der Waals surface area contributed by atoms with Gasteiger partial charge in [-0.3, -0.25) is 14.7 Å². The number of carbonyl (C=O) groups excluding carboxylic acids is 2. The lowest BCUT2D eigenvalue weighted by atomic mass is 9.87. The quantitative estimate of drug-likeness (QED) is 0.599. The summed E-state index contributed by atoms with van der Waals surface area (Å²) >= 11 is 0. The lowest BCUT2D eigenvalue weighted by Gasteiger charge is -2.45. The topological polar surface area (TPSA) is 75.2 Å². The maximum absolute atomic E-state index is 13.8. The number of piperazine rings is 1. The Labute approximate surface area is 216 Å². The highest BCUT2D eigenvalue weighted by molar-refractivity contribution is 5.97. The Morgan fingerprint density at radius 2 is 1.86 bits per heavy atom. The van der Waals surface area contributed by atoms with E-state index in [1.54, 1.807) is 12.0 Å². The van der Waals surface area contributed by atoms with Gasteiger partial charge < -0.3 is 19.3 Å². The van der Waals surface area contributed by atoms with E-state index in [2.05, 4.69) is 24.8 Å². The van der Waals surface area contributed by atoms with E-state index in [0.29, 0.717) is 32.2 Å². The van der Waals surface area contributed by atoms with Crippen molar-refractivity contribution in [2.75, 3.05) is 44.8 Å². The first kappa shape index (κ1) is 26.9. The van der Waals surface area contributed by atoms with Crippen molar-refractivity contribution in [1.29, 1.82) is 0 Å². The van der Waals surface area contributed by atoms with E-state index in [9.17, 15) is 9.59 Å². The SMILES string of the molecule is COC[C@H]1CN(C(=O)OC(C)(C)C)[C@H](C)CN1CC(=O)N1CC(C)(C)c2cnc(C3CCCC3)cc21. The van der Waals surface area contributed by atoms with Gasteiger partial charge in [-0.1, -0.05) is 26.7 Å². The van der Waals surface area contributed by atoms with E-state index in [-0.39, 0.29) is 36.0 Å². The van der Waals surface area contributed by atoms with Crippen LogP contribution in [0, 0.1) is 0 Å². The van der Waals surface area contributed by atoms with Crippen molar-refractivity contribution in [3.63, 3.8) is 0 Å². The van der Waals surface area contributed by atoms with Crippen LogP contribution in [0.25, 0.3) is 0 Å². The van der Waals surface area contributed by atoms with E-state index in [4.69, 9.17) is 14.5 Å². The average Bonchev–Trinajstić information content (AvgIpc) is 3.41. The second-order valence-electron chi connectivity index (χ2n) is 12.5. The van der Waals surface area contributed by atoms with Gasteiger partial charge in [0.15, 0.2) is 0 Å². The number of nitrogens with zero attached hydrogens (tertiary/aromatic N) is 4. The molecule has 1 aliphatic carbocycles. The van der Waals surface area contributed by atoms with Crippen LogP contribution in [0.5, 0.6) is 0 Å². The molecule has 0 unspecified atom stereocenters. The molecule has 0 spiro atoms. The molecule has 3 heterocycles. The van der Waals surface area contributed by atoms with Gasteiger partial charge in [0.05, 0.1) is 24.9 Å². The van der Waals surface area contributed by atoms with E-state index in [0.717, 1.165) is 16.9 Å². The zero-order chi connectivity index (χ0) is 26.3.